The number of fused-ring (bicyclic) bond motifs is 1. The molecule has 1 heterocycles. The molecule has 1 aromatic carbocycles. The van der Waals surface area contributed by atoms with Crippen LogP contribution < -0.4 is 4.90 Å². The van der Waals surface area contributed by atoms with Crippen LogP contribution in [0.25, 0.3) is 10.8 Å². The fourth-order valence-electron chi connectivity index (χ4n) is 1.70. The summed E-state index contributed by atoms with van der Waals surface area (Å²) < 4.78 is 0.990. The van der Waals surface area contributed by atoms with Gasteiger partial charge in [-0.05, 0) is 15.9 Å². The Morgan fingerprint density at radius 3 is 2.69 bits per heavy atom. The Labute approximate surface area is 103 Å². The molecule has 4 heteroatoms. The van der Waals surface area contributed by atoms with Gasteiger partial charge in [-0.2, -0.15) is 0 Å². The third-order valence-electron chi connectivity index (χ3n) is 2.52. The van der Waals surface area contributed by atoms with Crippen LogP contribution in [-0.4, -0.2) is 30.3 Å². The molecule has 0 aliphatic rings. The summed E-state index contributed by atoms with van der Waals surface area (Å²) in [5.41, 5.74) is 0. The average Bonchev–Trinajstić information content (AvgIpc) is 2.30. The van der Waals surface area contributed by atoms with E-state index in [4.69, 9.17) is 5.11 Å². The smallest absolute Gasteiger partial charge is 0.136 e. The molecule has 0 aliphatic carbocycles. The van der Waals surface area contributed by atoms with Crippen LogP contribution >= 0.6 is 15.9 Å². The topological polar surface area (TPSA) is 36.4 Å². The van der Waals surface area contributed by atoms with Gasteiger partial charge in [0.25, 0.3) is 0 Å². The Bertz CT molecular complexity index is 501. The van der Waals surface area contributed by atoms with Crippen molar-refractivity contribution in [2.24, 2.45) is 0 Å². The van der Waals surface area contributed by atoms with Crippen LogP contribution in [0.2, 0.25) is 0 Å². The molecule has 3 nitrogen and oxygen atoms in total. The first-order valence-electron chi connectivity index (χ1n) is 5.09. The van der Waals surface area contributed by atoms with E-state index in [1.807, 2.05) is 30.1 Å². The number of pyridine rings is 1. The Morgan fingerprint density at radius 1 is 1.31 bits per heavy atom. The monoisotopic (exact) mass is 280 g/mol. The van der Waals surface area contributed by atoms with E-state index in [-0.39, 0.29) is 6.61 Å². The number of benzene rings is 1. The molecule has 0 fully saturated rings. The Hall–Kier alpha value is -1.13. The van der Waals surface area contributed by atoms with E-state index in [0.29, 0.717) is 6.54 Å². The summed E-state index contributed by atoms with van der Waals surface area (Å²) in [6.07, 6.45) is 1.80. The second kappa shape index (κ2) is 4.80. The highest BCUT2D eigenvalue weighted by Crippen LogP contribution is 2.29. The van der Waals surface area contributed by atoms with Gasteiger partial charge in [0, 0.05) is 35.0 Å². The minimum absolute atomic E-state index is 0.128. The van der Waals surface area contributed by atoms with Crippen LogP contribution in [0.3, 0.4) is 0 Å². The van der Waals surface area contributed by atoms with Gasteiger partial charge in [0.15, 0.2) is 0 Å². The highest BCUT2D eigenvalue weighted by atomic mass is 79.9. The van der Waals surface area contributed by atoms with Crippen LogP contribution in [0.1, 0.15) is 0 Å². The molecule has 2 rings (SSSR count). The highest BCUT2D eigenvalue weighted by Gasteiger charge is 2.08. The first-order valence-corrected chi connectivity index (χ1v) is 5.88. The Morgan fingerprint density at radius 2 is 2.00 bits per heavy atom. The van der Waals surface area contributed by atoms with Crippen molar-refractivity contribution in [3.8, 4) is 0 Å². The van der Waals surface area contributed by atoms with E-state index in [9.17, 15) is 0 Å². The summed E-state index contributed by atoms with van der Waals surface area (Å²) in [7, 11) is 1.93. The largest absolute Gasteiger partial charge is 0.395 e. The number of halogens is 1. The zero-order valence-corrected chi connectivity index (χ0v) is 10.6. The van der Waals surface area contributed by atoms with Crippen molar-refractivity contribution in [3.63, 3.8) is 0 Å². The van der Waals surface area contributed by atoms with Crippen molar-refractivity contribution in [1.82, 2.24) is 4.98 Å². The first kappa shape index (κ1) is 11.4. The van der Waals surface area contributed by atoms with Crippen molar-refractivity contribution in [1.29, 1.82) is 0 Å². The van der Waals surface area contributed by atoms with Crippen molar-refractivity contribution in [2.45, 2.75) is 0 Å². The molecule has 16 heavy (non-hydrogen) atoms. The SMILES string of the molecule is CN(CCO)c1ncc(Br)c2ccccc12. The zero-order chi connectivity index (χ0) is 11.5. The summed E-state index contributed by atoms with van der Waals surface area (Å²) >= 11 is 3.49. The molecular formula is C12H13BrN2O. The third-order valence-corrected chi connectivity index (χ3v) is 3.15. The third kappa shape index (κ3) is 2.03. The molecule has 0 aliphatic heterocycles. The van der Waals surface area contributed by atoms with E-state index < -0.39 is 0 Å². The molecule has 2 aromatic rings. The van der Waals surface area contributed by atoms with Gasteiger partial charge in [0.05, 0.1) is 6.61 Å². The van der Waals surface area contributed by atoms with Gasteiger partial charge in [-0.3, -0.25) is 0 Å². The first-order chi connectivity index (χ1) is 7.74. The maximum Gasteiger partial charge on any atom is 0.136 e. The number of nitrogens with zero attached hydrogens (tertiary/aromatic N) is 2. The van der Waals surface area contributed by atoms with Gasteiger partial charge in [-0.25, -0.2) is 4.98 Å². The van der Waals surface area contributed by atoms with E-state index in [1.165, 1.54) is 0 Å². The summed E-state index contributed by atoms with van der Waals surface area (Å²) in [4.78, 5) is 6.35. The lowest BCUT2D eigenvalue weighted by molar-refractivity contribution is 0.304. The molecule has 84 valence electrons. The minimum Gasteiger partial charge on any atom is -0.395 e. The molecule has 1 N–H and O–H groups in total. The molecule has 0 saturated carbocycles. The van der Waals surface area contributed by atoms with Crippen molar-refractivity contribution in [2.75, 3.05) is 25.1 Å². The van der Waals surface area contributed by atoms with Crippen LogP contribution in [0.15, 0.2) is 34.9 Å². The number of aromatic nitrogens is 1. The maximum atomic E-state index is 8.95. The van der Waals surface area contributed by atoms with Gasteiger partial charge >= 0.3 is 0 Å². The molecule has 0 unspecified atom stereocenters. The standard InChI is InChI=1S/C12H13BrN2O/c1-15(6-7-16)12-10-5-3-2-4-9(10)11(13)8-14-12/h2-5,8,16H,6-7H2,1H3. The molecule has 0 amide bonds. The molecular weight excluding hydrogens is 268 g/mol. The van der Waals surface area contributed by atoms with Crippen LogP contribution in [0, 0.1) is 0 Å². The summed E-state index contributed by atoms with van der Waals surface area (Å²) in [6.45, 7) is 0.710. The summed E-state index contributed by atoms with van der Waals surface area (Å²) in [5, 5.41) is 11.2. The van der Waals surface area contributed by atoms with Crippen LogP contribution in [-0.2, 0) is 0 Å². The van der Waals surface area contributed by atoms with Gasteiger partial charge in [0.2, 0.25) is 0 Å². The van der Waals surface area contributed by atoms with E-state index in [0.717, 1.165) is 21.1 Å². The quantitative estimate of drug-likeness (QED) is 0.938. The lowest BCUT2D eigenvalue weighted by Crippen LogP contribution is -2.22. The predicted molar refractivity (Wildman–Crippen MR) is 69.8 cm³/mol. The molecule has 0 saturated heterocycles. The number of hydrogen-bond donors (Lipinski definition) is 1. The van der Waals surface area contributed by atoms with Gasteiger partial charge in [-0.1, -0.05) is 24.3 Å². The fraction of sp³-hybridized carbons (Fsp3) is 0.250. The van der Waals surface area contributed by atoms with Gasteiger partial charge in [-0.15, -0.1) is 0 Å². The van der Waals surface area contributed by atoms with Crippen molar-refractivity contribution in [3.05, 3.63) is 34.9 Å². The van der Waals surface area contributed by atoms with Gasteiger partial charge < -0.3 is 10.0 Å². The second-order valence-corrected chi connectivity index (χ2v) is 4.47. The number of hydrogen-bond acceptors (Lipinski definition) is 3. The second-order valence-electron chi connectivity index (χ2n) is 3.62. The Kier molecular flexibility index (Phi) is 3.41. The highest BCUT2D eigenvalue weighted by molar-refractivity contribution is 9.10. The number of likely N-dealkylation sites (N-methyl/N-ethyl adjacent to an activating group) is 1. The Balaban J connectivity index is 2.58. The lowest BCUT2D eigenvalue weighted by atomic mass is 10.1. The molecule has 0 atom stereocenters. The van der Waals surface area contributed by atoms with E-state index >= 15 is 0 Å². The zero-order valence-electron chi connectivity index (χ0n) is 9.02. The molecule has 1 aromatic heterocycles. The number of aliphatic hydroxyl groups excluding tert-OH is 1. The van der Waals surface area contributed by atoms with Crippen LogP contribution in [0.5, 0.6) is 0 Å². The lowest BCUT2D eigenvalue weighted by Gasteiger charge is -2.19. The summed E-state index contributed by atoms with van der Waals surface area (Å²) in [6, 6.07) is 8.09. The molecule has 0 bridgehead atoms. The minimum atomic E-state index is 0.128. The van der Waals surface area contributed by atoms with E-state index in [2.05, 4.69) is 27.0 Å². The fourth-order valence-corrected chi connectivity index (χ4v) is 2.15. The normalized spacial score (nSPS) is 10.7. The predicted octanol–water partition coefficient (Wildman–Crippen LogP) is 2.43. The molecule has 0 spiro atoms. The van der Waals surface area contributed by atoms with Crippen LogP contribution in [0.4, 0.5) is 5.82 Å². The maximum absolute atomic E-state index is 8.95. The van der Waals surface area contributed by atoms with Gasteiger partial charge in [0.1, 0.15) is 5.82 Å². The molecule has 0 radical (unpaired) electrons. The summed E-state index contributed by atoms with van der Waals surface area (Å²) in [5.74, 6) is 0.896. The number of anilines is 1. The van der Waals surface area contributed by atoms with Crippen molar-refractivity contribution >= 4 is 32.5 Å². The average molecular weight is 281 g/mol. The van der Waals surface area contributed by atoms with E-state index in [1.54, 1.807) is 6.20 Å². The number of rotatable bonds is 3. The number of aliphatic hydroxyl groups is 1. The van der Waals surface area contributed by atoms with Crippen molar-refractivity contribution < 1.29 is 5.11 Å².